The minimum absolute atomic E-state index is 0.345. The van der Waals surface area contributed by atoms with E-state index in [2.05, 4.69) is 54.1 Å². The minimum Gasteiger partial charge on any atom is -0.356 e. The van der Waals surface area contributed by atoms with Crippen LogP contribution in [0.2, 0.25) is 0 Å². The van der Waals surface area contributed by atoms with Crippen LogP contribution in [-0.4, -0.2) is 49.7 Å². The van der Waals surface area contributed by atoms with Crippen LogP contribution >= 0.6 is 0 Å². The number of hydrogen-bond acceptors (Lipinski definition) is 4. The van der Waals surface area contributed by atoms with Crippen molar-refractivity contribution in [2.24, 2.45) is 0 Å². The summed E-state index contributed by atoms with van der Waals surface area (Å²) in [5.41, 5.74) is 1.30. The lowest BCUT2D eigenvalue weighted by molar-refractivity contribution is 0.252. The second-order valence-corrected chi connectivity index (χ2v) is 5.84. The van der Waals surface area contributed by atoms with Crippen LogP contribution in [-0.2, 0) is 0 Å². The molecule has 112 valence electrons. The Labute approximate surface area is 123 Å². The first kappa shape index (κ1) is 15.3. The molecule has 0 radical (unpaired) electrons. The number of rotatable bonds is 5. The van der Waals surface area contributed by atoms with Gasteiger partial charge in [0.15, 0.2) is 0 Å². The number of aromatic nitrogens is 1. The molecular weight excluding hydrogens is 248 g/mol. The van der Waals surface area contributed by atoms with Crippen LogP contribution < -0.4 is 10.2 Å². The number of nitrogens with zero attached hydrogens (tertiary/aromatic N) is 3. The van der Waals surface area contributed by atoms with Crippen LogP contribution in [0, 0.1) is 0 Å². The molecule has 0 aromatic carbocycles. The van der Waals surface area contributed by atoms with Crippen LogP contribution in [0.5, 0.6) is 0 Å². The fraction of sp³-hybridized carbons (Fsp3) is 0.688. The van der Waals surface area contributed by atoms with Crippen molar-refractivity contribution in [3.8, 4) is 0 Å². The van der Waals surface area contributed by atoms with E-state index in [0.29, 0.717) is 12.1 Å². The molecule has 0 spiro atoms. The maximum Gasteiger partial charge on any atom is 0.133 e. The molecule has 1 atom stereocenters. The lowest BCUT2D eigenvalue weighted by Crippen LogP contribution is -2.42. The van der Waals surface area contributed by atoms with E-state index < -0.39 is 0 Å². The average molecular weight is 276 g/mol. The molecule has 4 nitrogen and oxygen atoms in total. The molecule has 1 N–H and O–H groups in total. The van der Waals surface area contributed by atoms with Crippen LogP contribution in [0.4, 0.5) is 5.82 Å². The van der Waals surface area contributed by atoms with Crippen molar-refractivity contribution in [1.29, 1.82) is 0 Å². The van der Waals surface area contributed by atoms with Gasteiger partial charge in [0.05, 0.1) is 0 Å². The van der Waals surface area contributed by atoms with Crippen LogP contribution in [0.3, 0.4) is 0 Å². The fourth-order valence-corrected chi connectivity index (χ4v) is 3.01. The first-order chi connectivity index (χ1) is 9.63. The van der Waals surface area contributed by atoms with E-state index in [1.807, 2.05) is 12.3 Å². The van der Waals surface area contributed by atoms with Gasteiger partial charge in [0.1, 0.15) is 5.82 Å². The van der Waals surface area contributed by atoms with Crippen molar-refractivity contribution in [3.05, 3.63) is 23.9 Å². The van der Waals surface area contributed by atoms with Gasteiger partial charge in [-0.15, -0.1) is 0 Å². The normalized spacial score (nSPS) is 19.0. The Morgan fingerprint density at radius 3 is 2.80 bits per heavy atom. The monoisotopic (exact) mass is 276 g/mol. The number of piperidine rings is 1. The van der Waals surface area contributed by atoms with Gasteiger partial charge in [-0.2, -0.15) is 0 Å². The molecule has 2 rings (SSSR count). The van der Waals surface area contributed by atoms with Crippen molar-refractivity contribution in [2.75, 3.05) is 38.6 Å². The number of nitrogens with one attached hydrogen (secondary N) is 1. The standard InChI is InChI=1S/C16H28N4/c1-5-17-13(2)15-7-6-10-18-16(15)20(4)14-8-11-19(3)12-9-14/h6-7,10,13-14,17H,5,8-9,11-12H2,1-4H3. The lowest BCUT2D eigenvalue weighted by atomic mass is 10.0. The molecule has 1 aliphatic heterocycles. The highest BCUT2D eigenvalue weighted by molar-refractivity contribution is 5.48. The third kappa shape index (κ3) is 3.49. The van der Waals surface area contributed by atoms with Crippen molar-refractivity contribution in [2.45, 2.75) is 38.8 Å². The van der Waals surface area contributed by atoms with Crippen molar-refractivity contribution in [1.82, 2.24) is 15.2 Å². The SMILES string of the molecule is CCNC(C)c1cccnc1N(C)C1CCN(C)CC1. The first-order valence-corrected chi connectivity index (χ1v) is 7.73. The minimum atomic E-state index is 0.345. The van der Waals surface area contributed by atoms with E-state index in [9.17, 15) is 0 Å². The summed E-state index contributed by atoms with van der Waals surface area (Å²) in [6.45, 7) is 7.70. The predicted molar refractivity (Wildman–Crippen MR) is 85.3 cm³/mol. The Hall–Kier alpha value is -1.13. The zero-order chi connectivity index (χ0) is 14.5. The fourth-order valence-electron chi connectivity index (χ4n) is 3.01. The Balaban J connectivity index is 2.14. The van der Waals surface area contributed by atoms with E-state index in [4.69, 9.17) is 0 Å². The molecule has 1 saturated heterocycles. The highest BCUT2D eigenvalue weighted by atomic mass is 15.2. The molecule has 0 aliphatic carbocycles. The van der Waals surface area contributed by atoms with E-state index in [-0.39, 0.29) is 0 Å². The first-order valence-electron chi connectivity index (χ1n) is 7.73. The topological polar surface area (TPSA) is 31.4 Å². The summed E-state index contributed by atoms with van der Waals surface area (Å²) in [7, 11) is 4.40. The predicted octanol–water partition coefficient (Wildman–Crippen LogP) is 2.28. The summed E-state index contributed by atoms with van der Waals surface area (Å²) in [4.78, 5) is 9.44. The van der Waals surface area contributed by atoms with Gasteiger partial charge in [0.25, 0.3) is 0 Å². The molecule has 4 heteroatoms. The van der Waals surface area contributed by atoms with Crippen LogP contribution in [0.15, 0.2) is 18.3 Å². The van der Waals surface area contributed by atoms with Gasteiger partial charge >= 0.3 is 0 Å². The van der Waals surface area contributed by atoms with Crippen LogP contribution in [0.25, 0.3) is 0 Å². The van der Waals surface area contributed by atoms with Gasteiger partial charge in [-0.05, 0) is 52.5 Å². The van der Waals surface area contributed by atoms with Gasteiger partial charge in [0.2, 0.25) is 0 Å². The third-order valence-electron chi connectivity index (χ3n) is 4.36. The Kier molecular flexibility index (Phi) is 5.38. The van der Waals surface area contributed by atoms with E-state index in [0.717, 1.165) is 12.4 Å². The zero-order valence-corrected chi connectivity index (χ0v) is 13.3. The molecule has 1 fully saturated rings. The van der Waals surface area contributed by atoms with Crippen molar-refractivity contribution >= 4 is 5.82 Å². The zero-order valence-electron chi connectivity index (χ0n) is 13.3. The highest BCUT2D eigenvalue weighted by Gasteiger charge is 2.23. The van der Waals surface area contributed by atoms with Crippen LogP contribution in [0.1, 0.15) is 38.3 Å². The summed E-state index contributed by atoms with van der Waals surface area (Å²) in [5.74, 6) is 1.13. The Bertz CT molecular complexity index is 413. The summed E-state index contributed by atoms with van der Waals surface area (Å²) >= 11 is 0. The van der Waals surface area contributed by atoms with Gasteiger partial charge in [-0.1, -0.05) is 13.0 Å². The summed E-state index contributed by atoms with van der Waals surface area (Å²) < 4.78 is 0. The molecule has 1 aliphatic rings. The highest BCUT2D eigenvalue weighted by Crippen LogP contribution is 2.27. The summed E-state index contributed by atoms with van der Waals surface area (Å²) in [5, 5.41) is 3.49. The van der Waals surface area contributed by atoms with E-state index >= 15 is 0 Å². The smallest absolute Gasteiger partial charge is 0.133 e. The molecule has 2 heterocycles. The van der Waals surface area contributed by atoms with Crippen molar-refractivity contribution in [3.63, 3.8) is 0 Å². The summed E-state index contributed by atoms with van der Waals surface area (Å²) in [6.07, 6.45) is 4.35. The van der Waals surface area contributed by atoms with Gasteiger partial charge < -0.3 is 15.1 Å². The number of pyridine rings is 1. The molecule has 1 aromatic heterocycles. The van der Waals surface area contributed by atoms with Crippen molar-refractivity contribution < 1.29 is 0 Å². The van der Waals surface area contributed by atoms with Gasteiger partial charge in [0, 0.05) is 30.9 Å². The number of hydrogen-bond donors (Lipinski definition) is 1. The molecule has 0 bridgehead atoms. The average Bonchev–Trinajstić information content (AvgIpc) is 2.47. The number of anilines is 1. The summed E-state index contributed by atoms with van der Waals surface area (Å²) in [6, 6.07) is 5.18. The lowest BCUT2D eigenvalue weighted by Gasteiger charge is -2.37. The second kappa shape index (κ2) is 7.04. The number of likely N-dealkylation sites (tertiary alicyclic amines) is 1. The molecular formula is C16H28N4. The molecule has 1 unspecified atom stereocenters. The quantitative estimate of drug-likeness (QED) is 0.894. The van der Waals surface area contributed by atoms with Gasteiger partial charge in [-0.25, -0.2) is 4.98 Å². The molecule has 0 amide bonds. The molecule has 1 aromatic rings. The third-order valence-corrected chi connectivity index (χ3v) is 4.36. The molecule has 0 saturated carbocycles. The Morgan fingerprint density at radius 1 is 1.45 bits per heavy atom. The maximum absolute atomic E-state index is 4.65. The van der Waals surface area contributed by atoms with E-state index in [1.165, 1.54) is 31.5 Å². The van der Waals surface area contributed by atoms with Gasteiger partial charge in [-0.3, -0.25) is 0 Å². The molecule has 20 heavy (non-hydrogen) atoms. The Morgan fingerprint density at radius 2 is 2.15 bits per heavy atom. The second-order valence-electron chi connectivity index (χ2n) is 5.84. The van der Waals surface area contributed by atoms with E-state index in [1.54, 1.807) is 0 Å². The largest absolute Gasteiger partial charge is 0.356 e. The maximum atomic E-state index is 4.65.